The number of aryl methyl sites for hydroxylation is 3. The van der Waals surface area contributed by atoms with Crippen molar-refractivity contribution in [3.8, 4) is 0 Å². The van der Waals surface area contributed by atoms with Crippen LogP contribution in [0.15, 0.2) is 12.4 Å². The normalized spacial score (nSPS) is 10.9. The van der Waals surface area contributed by atoms with E-state index in [4.69, 9.17) is 11.6 Å². The number of rotatable bonds is 4. The summed E-state index contributed by atoms with van der Waals surface area (Å²) in [7, 11) is 1.80. The Morgan fingerprint density at radius 2 is 2.17 bits per heavy atom. The molecule has 0 bridgehead atoms. The lowest BCUT2D eigenvalue weighted by Gasteiger charge is -2.04. The van der Waals surface area contributed by atoms with Crippen molar-refractivity contribution in [2.24, 2.45) is 7.05 Å². The molecule has 0 saturated heterocycles. The van der Waals surface area contributed by atoms with Crippen LogP contribution in [0.25, 0.3) is 0 Å². The Balaban J connectivity index is 2.50. The van der Waals surface area contributed by atoms with E-state index in [2.05, 4.69) is 10.2 Å². The zero-order valence-electron chi connectivity index (χ0n) is 10.6. The Kier molecular flexibility index (Phi) is 3.52. The smallest absolute Gasteiger partial charge is 0.215 e. The molecule has 2 rings (SSSR count). The molecule has 6 heteroatoms. The van der Waals surface area contributed by atoms with Gasteiger partial charge in [-0.05, 0) is 13.3 Å². The molecule has 0 aliphatic carbocycles. The summed E-state index contributed by atoms with van der Waals surface area (Å²) in [6, 6.07) is 0. The van der Waals surface area contributed by atoms with Crippen molar-refractivity contribution in [3.05, 3.63) is 34.4 Å². The Bertz CT molecular complexity index is 585. The molecule has 0 saturated carbocycles. The largest absolute Gasteiger partial charge is 0.287 e. The van der Waals surface area contributed by atoms with E-state index in [0.717, 1.165) is 5.69 Å². The first-order valence-electron chi connectivity index (χ1n) is 5.87. The summed E-state index contributed by atoms with van der Waals surface area (Å²) in [6.07, 6.45) is 3.94. The molecule has 2 heterocycles. The van der Waals surface area contributed by atoms with Gasteiger partial charge in [0.15, 0.2) is 0 Å². The number of hydrogen-bond donors (Lipinski definition) is 0. The average molecular weight is 267 g/mol. The lowest BCUT2D eigenvalue weighted by Crippen LogP contribution is -2.12. The van der Waals surface area contributed by atoms with Crippen LogP contribution in [0.1, 0.15) is 35.6 Å². The number of nitrogens with zero attached hydrogens (tertiary/aromatic N) is 4. The van der Waals surface area contributed by atoms with E-state index in [1.54, 1.807) is 22.6 Å². The van der Waals surface area contributed by atoms with Crippen LogP contribution in [-0.4, -0.2) is 25.3 Å². The van der Waals surface area contributed by atoms with E-state index in [-0.39, 0.29) is 5.78 Å². The summed E-state index contributed by atoms with van der Waals surface area (Å²) in [6.45, 7) is 4.50. The van der Waals surface area contributed by atoms with Crippen LogP contribution >= 0.6 is 11.6 Å². The van der Waals surface area contributed by atoms with Gasteiger partial charge in [-0.15, -0.1) is 0 Å². The third-order valence-corrected chi connectivity index (χ3v) is 3.07. The highest BCUT2D eigenvalue weighted by molar-refractivity contribution is 6.34. The molecule has 0 fully saturated rings. The molecule has 5 nitrogen and oxygen atoms in total. The van der Waals surface area contributed by atoms with Gasteiger partial charge in [0, 0.05) is 19.8 Å². The molecule has 2 aromatic heterocycles. The van der Waals surface area contributed by atoms with Crippen LogP contribution in [0.3, 0.4) is 0 Å². The third-order valence-electron chi connectivity index (χ3n) is 2.79. The third kappa shape index (κ3) is 2.06. The first kappa shape index (κ1) is 12.8. The maximum Gasteiger partial charge on any atom is 0.215 e. The van der Waals surface area contributed by atoms with Crippen molar-refractivity contribution >= 4 is 17.4 Å². The lowest BCUT2D eigenvalue weighted by molar-refractivity contribution is 0.102. The van der Waals surface area contributed by atoms with Crippen molar-refractivity contribution in [2.75, 3.05) is 0 Å². The molecular formula is C12H15ClN4O. The van der Waals surface area contributed by atoms with Crippen LogP contribution in [0.4, 0.5) is 0 Å². The first-order chi connectivity index (χ1) is 8.58. The summed E-state index contributed by atoms with van der Waals surface area (Å²) < 4.78 is 3.25. The van der Waals surface area contributed by atoms with Crippen molar-refractivity contribution in [3.63, 3.8) is 0 Å². The van der Waals surface area contributed by atoms with Gasteiger partial charge in [0.1, 0.15) is 5.69 Å². The second kappa shape index (κ2) is 4.94. The van der Waals surface area contributed by atoms with Gasteiger partial charge in [0.05, 0.1) is 22.5 Å². The highest BCUT2D eigenvalue weighted by Gasteiger charge is 2.22. The van der Waals surface area contributed by atoms with Gasteiger partial charge < -0.3 is 0 Å². The molecule has 0 spiro atoms. The highest BCUT2D eigenvalue weighted by Crippen LogP contribution is 2.21. The van der Waals surface area contributed by atoms with Gasteiger partial charge in [0.2, 0.25) is 5.78 Å². The van der Waals surface area contributed by atoms with Crippen molar-refractivity contribution < 1.29 is 4.79 Å². The Morgan fingerprint density at radius 3 is 2.78 bits per heavy atom. The Morgan fingerprint density at radius 1 is 1.44 bits per heavy atom. The van der Waals surface area contributed by atoms with Crippen molar-refractivity contribution in [1.82, 2.24) is 19.6 Å². The lowest BCUT2D eigenvalue weighted by atomic mass is 10.1. The Hall–Kier alpha value is -1.62. The molecule has 0 unspecified atom stereocenters. The standard InChI is InChI=1S/C12H15ClN4O/c1-4-10-8(7-16(3)15-10)12(18)11-9(13)6-14-17(11)5-2/h6-7H,4-5H2,1-3H3. The second-order valence-corrected chi connectivity index (χ2v) is 4.41. The summed E-state index contributed by atoms with van der Waals surface area (Å²) in [5, 5.41) is 8.73. The maximum atomic E-state index is 12.5. The van der Waals surface area contributed by atoms with E-state index in [9.17, 15) is 4.79 Å². The van der Waals surface area contributed by atoms with Gasteiger partial charge in [-0.25, -0.2) is 0 Å². The molecule has 2 aromatic rings. The minimum atomic E-state index is -0.121. The second-order valence-electron chi connectivity index (χ2n) is 4.00. The predicted molar refractivity (Wildman–Crippen MR) is 68.9 cm³/mol. The minimum Gasteiger partial charge on any atom is -0.287 e. The highest BCUT2D eigenvalue weighted by atomic mass is 35.5. The fourth-order valence-electron chi connectivity index (χ4n) is 1.94. The molecule has 0 aliphatic heterocycles. The van der Waals surface area contributed by atoms with Crippen LogP contribution in [0.5, 0.6) is 0 Å². The average Bonchev–Trinajstić information content (AvgIpc) is 2.91. The number of aromatic nitrogens is 4. The minimum absolute atomic E-state index is 0.121. The monoisotopic (exact) mass is 266 g/mol. The molecule has 0 N–H and O–H groups in total. The molecule has 0 radical (unpaired) electrons. The molecular weight excluding hydrogens is 252 g/mol. The molecule has 0 aromatic carbocycles. The summed E-state index contributed by atoms with van der Waals surface area (Å²) >= 11 is 6.04. The molecule has 0 amide bonds. The number of carbonyl (C=O) groups excluding carboxylic acids is 1. The van der Waals surface area contributed by atoms with Crippen molar-refractivity contribution in [1.29, 1.82) is 0 Å². The van der Waals surface area contributed by atoms with E-state index in [0.29, 0.717) is 29.2 Å². The van der Waals surface area contributed by atoms with Crippen LogP contribution in [0.2, 0.25) is 5.02 Å². The van der Waals surface area contributed by atoms with Gasteiger partial charge in [-0.3, -0.25) is 14.2 Å². The maximum absolute atomic E-state index is 12.5. The van der Waals surface area contributed by atoms with E-state index in [1.165, 1.54) is 6.20 Å². The van der Waals surface area contributed by atoms with Gasteiger partial charge in [-0.2, -0.15) is 10.2 Å². The number of ketones is 1. The Labute approximate surface area is 110 Å². The summed E-state index contributed by atoms with van der Waals surface area (Å²) in [4.78, 5) is 12.5. The SMILES string of the molecule is CCc1nn(C)cc1C(=O)c1c(Cl)cnn1CC. The topological polar surface area (TPSA) is 52.7 Å². The first-order valence-corrected chi connectivity index (χ1v) is 6.24. The molecule has 96 valence electrons. The molecule has 0 atom stereocenters. The number of carbonyl (C=O) groups is 1. The van der Waals surface area contributed by atoms with Gasteiger partial charge in [-0.1, -0.05) is 18.5 Å². The zero-order valence-corrected chi connectivity index (χ0v) is 11.4. The van der Waals surface area contributed by atoms with Crippen LogP contribution < -0.4 is 0 Å². The van der Waals surface area contributed by atoms with Crippen molar-refractivity contribution in [2.45, 2.75) is 26.8 Å². The van der Waals surface area contributed by atoms with Gasteiger partial charge >= 0.3 is 0 Å². The summed E-state index contributed by atoms with van der Waals surface area (Å²) in [5.74, 6) is -0.121. The zero-order chi connectivity index (χ0) is 13.3. The fraction of sp³-hybridized carbons (Fsp3) is 0.417. The summed E-state index contributed by atoms with van der Waals surface area (Å²) in [5.41, 5.74) is 1.81. The quantitative estimate of drug-likeness (QED) is 0.796. The van der Waals surface area contributed by atoms with Crippen LogP contribution in [-0.2, 0) is 20.0 Å². The van der Waals surface area contributed by atoms with Crippen LogP contribution in [0, 0.1) is 0 Å². The number of halogens is 1. The number of hydrogen-bond acceptors (Lipinski definition) is 3. The van der Waals surface area contributed by atoms with E-state index in [1.807, 2.05) is 13.8 Å². The van der Waals surface area contributed by atoms with Gasteiger partial charge in [0.25, 0.3) is 0 Å². The molecule has 0 aliphatic rings. The molecule has 18 heavy (non-hydrogen) atoms. The fourth-order valence-corrected chi connectivity index (χ4v) is 2.17. The van der Waals surface area contributed by atoms with E-state index < -0.39 is 0 Å². The van der Waals surface area contributed by atoms with E-state index >= 15 is 0 Å². The predicted octanol–water partition coefficient (Wildman–Crippen LogP) is 2.08.